The Morgan fingerprint density at radius 3 is 2.54 bits per heavy atom. The number of rotatable bonds is 3. The summed E-state index contributed by atoms with van der Waals surface area (Å²) in [6, 6.07) is 7.97. The number of anilines is 1. The van der Waals surface area contributed by atoms with Gasteiger partial charge >= 0.3 is 6.18 Å². The lowest BCUT2D eigenvalue weighted by atomic mass is 9.99. The number of alkyl halides is 3. The summed E-state index contributed by atoms with van der Waals surface area (Å²) in [5.41, 5.74) is -1.85. The highest BCUT2D eigenvalue weighted by molar-refractivity contribution is 6.06. The zero-order valence-corrected chi connectivity index (χ0v) is 15.0. The Morgan fingerprint density at radius 2 is 1.89 bits per heavy atom. The quantitative estimate of drug-likeness (QED) is 0.610. The Kier molecular flexibility index (Phi) is 4.89. The first-order valence-electron chi connectivity index (χ1n) is 8.45. The maximum atomic E-state index is 13.4. The number of carbonyl (C=O) groups is 1. The summed E-state index contributed by atoms with van der Waals surface area (Å²) in [7, 11) is 0. The Hall–Kier alpha value is -3.29. The number of fused-ring (bicyclic) bond motifs is 1. The van der Waals surface area contributed by atoms with E-state index in [1.165, 1.54) is 30.3 Å². The van der Waals surface area contributed by atoms with Crippen molar-refractivity contribution in [3.8, 4) is 5.75 Å². The van der Waals surface area contributed by atoms with Crippen LogP contribution in [0.15, 0.2) is 47.4 Å². The summed E-state index contributed by atoms with van der Waals surface area (Å²) >= 11 is 0. The third kappa shape index (κ3) is 3.58. The molecule has 3 rings (SSSR count). The van der Waals surface area contributed by atoms with Crippen molar-refractivity contribution in [1.82, 2.24) is 4.98 Å². The molecule has 8 heteroatoms. The van der Waals surface area contributed by atoms with Crippen molar-refractivity contribution in [2.45, 2.75) is 25.9 Å². The fourth-order valence-corrected chi connectivity index (χ4v) is 2.87. The summed E-state index contributed by atoms with van der Waals surface area (Å²) in [5, 5.41) is 11.9. The molecule has 146 valence electrons. The third-order valence-corrected chi connectivity index (χ3v) is 4.39. The van der Waals surface area contributed by atoms with Crippen molar-refractivity contribution >= 4 is 22.5 Å². The summed E-state index contributed by atoms with van der Waals surface area (Å²) in [4.78, 5) is 27.7. The highest BCUT2D eigenvalue weighted by Crippen LogP contribution is 2.37. The maximum Gasteiger partial charge on any atom is 0.418 e. The number of H-pyrrole nitrogens is 1. The van der Waals surface area contributed by atoms with Crippen LogP contribution in [0.1, 0.15) is 41.3 Å². The number of nitrogens with one attached hydrogen (secondary N) is 2. The van der Waals surface area contributed by atoms with Crippen LogP contribution in [0.3, 0.4) is 0 Å². The first-order valence-corrected chi connectivity index (χ1v) is 8.45. The van der Waals surface area contributed by atoms with Crippen LogP contribution in [0.4, 0.5) is 18.9 Å². The van der Waals surface area contributed by atoms with E-state index in [0.717, 1.165) is 12.3 Å². The van der Waals surface area contributed by atoms with Crippen LogP contribution in [0.5, 0.6) is 5.75 Å². The van der Waals surface area contributed by atoms with Gasteiger partial charge in [0.1, 0.15) is 11.3 Å². The van der Waals surface area contributed by atoms with Crippen LogP contribution in [0.25, 0.3) is 10.9 Å². The van der Waals surface area contributed by atoms with Gasteiger partial charge in [0, 0.05) is 6.20 Å². The van der Waals surface area contributed by atoms with E-state index in [4.69, 9.17) is 0 Å². The zero-order chi connectivity index (χ0) is 20.6. The van der Waals surface area contributed by atoms with Gasteiger partial charge < -0.3 is 15.4 Å². The van der Waals surface area contributed by atoms with E-state index in [0.29, 0.717) is 11.1 Å². The second-order valence-corrected chi connectivity index (χ2v) is 6.64. The van der Waals surface area contributed by atoms with Crippen molar-refractivity contribution in [1.29, 1.82) is 0 Å². The molecule has 0 bridgehead atoms. The van der Waals surface area contributed by atoms with Gasteiger partial charge in [0.25, 0.3) is 5.91 Å². The van der Waals surface area contributed by atoms with E-state index in [2.05, 4.69) is 10.3 Å². The molecule has 1 amide bonds. The van der Waals surface area contributed by atoms with Gasteiger partial charge in [0.05, 0.1) is 22.2 Å². The molecule has 0 atom stereocenters. The molecule has 2 aromatic carbocycles. The Balaban J connectivity index is 2.05. The Morgan fingerprint density at radius 1 is 1.18 bits per heavy atom. The van der Waals surface area contributed by atoms with Crippen molar-refractivity contribution < 1.29 is 23.1 Å². The summed E-state index contributed by atoms with van der Waals surface area (Å²) in [5.74, 6) is -1.46. The molecule has 0 saturated carbocycles. The van der Waals surface area contributed by atoms with E-state index in [-0.39, 0.29) is 17.1 Å². The predicted octanol–water partition coefficient (Wildman–Crippen LogP) is 4.63. The number of phenols is 1. The molecule has 0 saturated heterocycles. The Bertz CT molecular complexity index is 1120. The van der Waals surface area contributed by atoms with E-state index in [1.54, 1.807) is 13.8 Å². The molecule has 0 radical (unpaired) electrons. The summed E-state index contributed by atoms with van der Waals surface area (Å²) in [6.45, 7) is 3.52. The SMILES string of the molecule is CC(C)c1ccc(NC(=O)c2c[nH]c3cccc(O)c3c2=O)c(C(F)(F)F)c1. The van der Waals surface area contributed by atoms with Gasteiger partial charge in [-0.05, 0) is 35.7 Å². The number of phenolic OH excluding ortho intramolecular Hbond substituents is 1. The minimum absolute atomic E-state index is 0.110. The van der Waals surface area contributed by atoms with Crippen molar-refractivity contribution in [3.05, 3.63) is 69.5 Å². The average molecular weight is 390 g/mol. The predicted molar refractivity (Wildman–Crippen MR) is 99.7 cm³/mol. The molecule has 28 heavy (non-hydrogen) atoms. The van der Waals surface area contributed by atoms with E-state index in [1.807, 2.05) is 0 Å². The molecule has 0 aliphatic carbocycles. The number of carbonyl (C=O) groups excluding carboxylic acids is 1. The van der Waals surface area contributed by atoms with E-state index in [9.17, 15) is 27.9 Å². The van der Waals surface area contributed by atoms with Crippen LogP contribution in [0, 0.1) is 0 Å². The molecule has 0 aliphatic rings. The second kappa shape index (κ2) is 7.03. The number of halogens is 3. The fourth-order valence-electron chi connectivity index (χ4n) is 2.87. The number of amides is 1. The normalized spacial score (nSPS) is 11.8. The van der Waals surface area contributed by atoms with Gasteiger partial charge in [-0.3, -0.25) is 9.59 Å². The molecule has 3 aromatic rings. The topological polar surface area (TPSA) is 82.2 Å². The molecular formula is C20H17F3N2O3. The number of aromatic hydroxyl groups is 1. The van der Waals surface area contributed by atoms with Crippen LogP contribution in [-0.4, -0.2) is 16.0 Å². The summed E-state index contributed by atoms with van der Waals surface area (Å²) < 4.78 is 40.3. The number of aromatic nitrogens is 1. The highest BCUT2D eigenvalue weighted by Gasteiger charge is 2.34. The van der Waals surface area contributed by atoms with Gasteiger partial charge in [-0.15, -0.1) is 0 Å². The van der Waals surface area contributed by atoms with Gasteiger partial charge in [-0.1, -0.05) is 26.0 Å². The number of hydrogen-bond acceptors (Lipinski definition) is 3. The number of hydrogen-bond donors (Lipinski definition) is 3. The van der Waals surface area contributed by atoms with Gasteiger partial charge in [0.2, 0.25) is 5.43 Å². The zero-order valence-electron chi connectivity index (χ0n) is 15.0. The lowest BCUT2D eigenvalue weighted by Crippen LogP contribution is -2.23. The van der Waals surface area contributed by atoms with Gasteiger partial charge in [-0.25, -0.2) is 0 Å². The lowest BCUT2D eigenvalue weighted by Gasteiger charge is -2.16. The molecule has 0 spiro atoms. The summed E-state index contributed by atoms with van der Waals surface area (Å²) in [6.07, 6.45) is -3.57. The van der Waals surface area contributed by atoms with Crippen LogP contribution in [-0.2, 0) is 6.18 Å². The molecule has 1 heterocycles. The van der Waals surface area contributed by atoms with Crippen molar-refractivity contribution in [3.63, 3.8) is 0 Å². The van der Waals surface area contributed by atoms with Crippen molar-refractivity contribution in [2.75, 3.05) is 5.32 Å². The Labute approximate surface area is 157 Å². The second-order valence-electron chi connectivity index (χ2n) is 6.64. The molecule has 0 fully saturated rings. The standard InChI is InChI=1S/C20H17F3N2O3/c1-10(2)11-6-7-14(13(8-11)20(21,22)23)25-19(28)12-9-24-15-4-3-5-16(26)17(15)18(12)27/h3-10,26H,1-2H3,(H,24,27)(H,25,28). The number of pyridine rings is 1. The molecule has 5 nitrogen and oxygen atoms in total. The minimum Gasteiger partial charge on any atom is -0.507 e. The van der Waals surface area contributed by atoms with Crippen LogP contribution < -0.4 is 10.7 Å². The average Bonchev–Trinajstić information content (AvgIpc) is 2.61. The fraction of sp³-hybridized carbons (Fsp3) is 0.200. The minimum atomic E-state index is -4.68. The molecule has 3 N–H and O–H groups in total. The van der Waals surface area contributed by atoms with Crippen LogP contribution in [0.2, 0.25) is 0 Å². The van der Waals surface area contributed by atoms with E-state index >= 15 is 0 Å². The monoisotopic (exact) mass is 390 g/mol. The van der Waals surface area contributed by atoms with Gasteiger partial charge in [0.15, 0.2) is 0 Å². The smallest absolute Gasteiger partial charge is 0.418 e. The largest absolute Gasteiger partial charge is 0.507 e. The third-order valence-electron chi connectivity index (χ3n) is 4.39. The van der Waals surface area contributed by atoms with Gasteiger partial charge in [-0.2, -0.15) is 13.2 Å². The van der Waals surface area contributed by atoms with E-state index < -0.39 is 34.3 Å². The number of aromatic amines is 1. The van der Waals surface area contributed by atoms with Crippen molar-refractivity contribution in [2.24, 2.45) is 0 Å². The number of benzene rings is 2. The molecule has 0 unspecified atom stereocenters. The lowest BCUT2D eigenvalue weighted by molar-refractivity contribution is -0.137. The first kappa shape index (κ1) is 19.5. The molecular weight excluding hydrogens is 373 g/mol. The molecule has 1 aromatic heterocycles. The molecule has 0 aliphatic heterocycles. The maximum absolute atomic E-state index is 13.4. The van der Waals surface area contributed by atoms with Crippen LogP contribution >= 0.6 is 0 Å². The highest BCUT2D eigenvalue weighted by atomic mass is 19.4. The first-order chi connectivity index (χ1) is 13.1.